The van der Waals surface area contributed by atoms with Crippen molar-refractivity contribution in [3.8, 4) is 0 Å². The lowest BCUT2D eigenvalue weighted by molar-refractivity contribution is -0.141. The number of unbranched alkanes of at least 4 members (excludes halogenated alkanes) is 1. The molecule has 4 unspecified atom stereocenters. The van der Waals surface area contributed by atoms with Gasteiger partial charge in [-0.3, -0.25) is 14.4 Å². The molecule has 4 aromatic rings. The van der Waals surface area contributed by atoms with Crippen molar-refractivity contribution in [2.75, 3.05) is 12.3 Å². The van der Waals surface area contributed by atoms with Crippen LogP contribution < -0.4 is 27.4 Å². The normalized spacial score (nSPS) is 14.1. The van der Waals surface area contributed by atoms with Crippen molar-refractivity contribution < 1.29 is 24.3 Å². The minimum absolute atomic E-state index is 0.118. The second kappa shape index (κ2) is 15.4. The van der Waals surface area contributed by atoms with Gasteiger partial charge in [-0.2, -0.15) is 12.6 Å². The molecule has 44 heavy (non-hydrogen) atoms. The summed E-state index contributed by atoms with van der Waals surface area (Å²) in [6.45, 7) is 0.393. The zero-order valence-corrected chi connectivity index (χ0v) is 25.1. The van der Waals surface area contributed by atoms with E-state index in [9.17, 15) is 24.3 Å². The molecule has 10 N–H and O–H groups in total. The number of carbonyl (C=O) groups is 4. The Morgan fingerprint density at radius 3 is 1.84 bits per heavy atom. The number of amides is 3. The van der Waals surface area contributed by atoms with E-state index in [-0.39, 0.29) is 25.0 Å². The van der Waals surface area contributed by atoms with E-state index in [2.05, 4.69) is 38.5 Å². The maximum atomic E-state index is 13.8. The fraction of sp³-hybridized carbons (Fsp3) is 0.355. The predicted octanol–water partition coefficient (Wildman–Crippen LogP) is 1.36. The number of nitrogens with one attached hydrogen (secondary N) is 5. The predicted molar refractivity (Wildman–Crippen MR) is 172 cm³/mol. The number of hydrogen-bond acceptors (Lipinski definition) is 7. The molecular formula is C31H39N7O5S. The third-order valence-corrected chi connectivity index (χ3v) is 7.93. The average Bonchev–Trinajstić information content (AvgIpc) is 3.62. The number of fused-ring (bicyclic) bond motifs is 2. The monoisotopic (exact) mass is 621 g/mol. The second-order valence-electron chi connectivity index (χ2n) is 10.7. The van der Waals surface area contributed by atoms with Gasteiger partial charge < -0.3 is 42.5 Å². The van der Waals surface area contributed by atoms with Crippen LogP contribution in [0.1, 0.15) is 30.4 Å². The summed E-state index contributed by atoms with van der Waals surface area (Å²) in [5.74, 6) is -3.16. The van der Waals surface area contributed by atoms with E-state index in [1.54, 1.807) is 6.20 Å². The SMILES string of the molecule is NCCCCC(NC(=O)C(Cc1c[nH]c2ccccc12)NC(=O)C(N)Cc1c[nH]c2ccccc12)C(=O)NC(CS)C(=O)O. The molecule has 2 heterocycles. The fourth-order valence-corrected chi connectivity index (χ4v) is 5.38. The number of para-hydroxylation sites is 2. The molecule has 0 radical (unpaired) electrons. The van der Waals surface area contributed by atoms with Crippen LogP contribution in [0.15, 0.2) is 60.9 Å². The first-order valence-electron chi connectivity index (χ1n) is 14.5. The molecule has 0 aliphatic carbocycles. The molecule has 13 heteroatoms. The van der Waals surface area contributed by atoms with E-state index >= 15 is 0 Å². The van der Waals surface area contributed by atoms with Crippen LogP contribution in [-0.4, -0.2) is 75.2 Å². The van der Waals surface area contributed by atoms with Gasteiger partial charge in [-0.05, 0) is 55.5 Å². The molecule has 0 bridgehead atoms. The Kier molecular flexibility index (Phi) is 11.4. The van der Waals surface area contributed by atoms with Gasteiger partial charge in [-0.15, -0.1) is 0 Å². The number of carbonyl (C=O) groups excluding carboxylic acids is 3. The van der Waals surface area contributed by atoms with Crippen molar-refractivity contribution >= 4 is 58.1 Å². The average molecular weight is 622 g/mol. The van der Waals surface area contributed by atoms with E-state index in [0.717, 1.165) is 32.9 Å². The van der Waals surface area contributed by atoms with Gasteiger partial charge in [-0.25, -0.2) is 4.79 Å². The Bertz CT molecular complexity index is 1600. The van der Waals surface area contributed by atoms with Gasteiger partial charge in [-0.1, -0.05) is 36.4 Å². The van der Waals surface area contributed by atoms with Gasteiger partial charge >= 0.3 is 5.97 Å². The highest BCUT2D eigenvalue weighted by Crippen LogP contribution is 2.21. The number of H-pyrrole nitrogens is 2. The highest BCUT2D eigenvalue weighted by molar-refractivity contribution is 7.80. The van der Waals surface area contributed by atoms with Crippen LogP contribution >= 0.6 is 12.6 Å². The molecule has 12 nitrogen and oxygen atoms in total. The lowest BCUT2D eigenvalue weighted by Gasteiger charge is -2.25. The van der Waals surface area contributed by atoms with Crippen molar-refractivity contribution in [1.82, 2.24) is 25.9 Å². The molecule has 0 aliphatic rings. The van der Waals surface area contributed by atoms with Crippen LogP contribution in [-0.2, 0) is 32.0 Å². The largest absolute Gasteiger partial charge is 0.480 e. The zero-order chi connectivity index (χ0) is 31.6. The minimum atomic E-state index is -1.24. The molecular weight excluding hydrogens is 582 g/mol. The van der Waals surface area contributed by atoms with Gasteiger partial charge in [0.15, 0.2) is 0 Å². The highest BCUT2D eigenvalue weighted by Gasteiger charge is 2.30. The third-order valence-electron chi connectivity index (χ3n) is 7.56. The van der Waals surface area contributed by atoms with Crippen LogP contribution in [0.3, 0.4) is 0 Å². The Labute approximate surface area is 260 Å². The molecule has 0 aliphatic heterocycles. The molecule has 2 aromatic carbocycles. The maximum absolute atomic E-state index is 13.8. The number of rotatable bonds is 16. The summed E-state index contributed by atoms with van der Waals surface area (Å²) in [6.07, 6.45) is 5.29. The smallest absolute Gasteiger partial charge is 0.327 e. The summed E-state index contributed by atoms with van der Waals surface area (Å²) in [5.41, 5.74) is 15.4. The van der Waals surface area contributed by atoms with Crippen molar-refractivity contribution in [3.05, 3.63) is 72.1 Å². The number of nitrogens with two attached hydrogens (primary N) is 2. The van der Waals surface area contributed by atoms with Crippen LogP contribution in [0.5, 0.6) is 0 Å². The van der Waals surface area contributed by atoms with E-state index in [4.69, 9.17) is 11.5 Å². The fourth-order valence-electron chi connectivity index (χ4n) is 5.13. The summed E-state index contributed by atoms with van der Waals surface area (Å²) < 4.78 is 0. The van der Waals surface area contributed by atoms with Crippen LogP contribution in [0.25, 0.3) is 21.8 Å². The van der Waals surface area contributed by atoms with E-state index in [1.165, 1.54) is 0 Å². The van der Waals surface area contributed by atoms with E-state index in [1.807, 2.05) is 54.7 Å². The molecule has 234 valence electrons. The molecule has 0 fully saturated rings. The van der Waals surface area contributed by atoms with Crippen LogP contribution in [0.4, 0.5) is 0 Å². The standard InChI is InChI=1S/C31H39N7O5S/c32-12-6-5-11-25(29(40)38-27(17-44)31(42)43)36-30(41)26(14-19-16-35-24-10-4-2-8-21(19)24)37-28(39)22(33)13-18-15-34-23-9-3-1-7-20(18)23/h1-4,7-10,15-16,22,25-27,34-35,44H,5-6,11-14,17,32-33H2,(H,36,41)(H,37,39)(H,38,40)(H,42,43). The van der Waals surface area contributed by atoms with Gasteiger partial charge in [0.05, 0.1) is 6.04 Å². The zero-order valence-electron chi connectivity index (χ0n) is 24.2. The van der Waals surface area contributed by atoms with Gasteiger partial charge in [0.1, 0.15) is 18.1 Å². The molecule has 4 atom stereocenters. The van der Waals surface area contributed by atoms with Gasteiger partial charge in [0.25, 0.3) is 0 Å². The molecule has 4 rings (SSSR count). The Balaban J connectivity index is 1.55. The topological polar surface area (TPSA) is 208 Å². The van der Waals surface area contributed by atoms with Crippen LogP contribution in [0.2, 0.25) is 0 Å². The van der Waals surface area contributed by atoms with Crippen molar-refractivity contribution in [3.63, 3.8) is 0 Å². The number of aromatic nitrogens is 2. The molecule has 2 aromatic heterocycles. The summed E-state index contributed by atoms with van der Waals surface area (Å²) in [7, 11) is 0. The first-order chi connectivity index (χ1) is 21.2. The molecule has 0 spiro atoms. The number of benzene rings is 2. The summed E-state index contributed by atoms with van der Waals surface area (Å²) in [6, 6.07) is 10.9. The Morgan fingerprint density at radius 2 is 1.27 bits per heavy atom. The summed E-state index contributed by atoms with van der Waals surface area (Å²) >= 11 is 4.01. The van der Waals surface area contributed by atoms with E-state index in [0.29, 0.717) is 19.4 Å². The lowest BCUT2D eigenvalue weighted by Crippen LogP contribution is -2.58. The summed E-state index contributed by atoms with van der Waals surface area (Å²) in [4.78, 5) is 58.1. The number of aliphatic carboxylic acids is 1. The number of carboxylic acid groups (broad SMARTS) is 1. The minimum Gasteiger partial charge on any atom is -0.480 e. The number of thiol groups is 1. The lowest BCUT2D eigenvalue weighted by atomic mass is 10.0. The summed E-state index contributed by atoms with van der Waals surface area (Å²) in [5, 5.41) is 19.2. The Hall–Kier alpha value is -4.33. The first-order valence-corrected chi connectivity index (χ1v) is 15.2. The highest BCUT2D eigenvalue weighted by atomic mass is 32.1. The molecule has 0 saturated carbocycles. The van der Waals surface area contributed by atoms with Gasteiger partial charge in [0, 0.05) is 46.4 Å². The Morgan fingerprint density at radius 1 is 0.750 bits per heavy atom. The quantitative estimate of drug-likeness (QED) is 0.0662. The number of hydrogen-bond donors (Lipinski definition) is 9. The molecule has 3 amide bonds. The van der Waals surface area contributed by atoms with Gasteiger partial charge in [0.2, 0.25) is 17.7 Å². The maximum Gasteiger partial charge on any atom is 0.327 e. The second-order valence-corrected chi connectivity index (χ2v) is 11.1. The van der Waals surface area contributed by atoms with Crippen molar-refractivity contribution in [2.45, 2.75) is 56.3 Å². The third kappa shape index (κ3) is 8.18. The molecule has 0 saturated heterocycles. The number of carboxylic acids is 1. The number of aromatic amines is 2. The van der Waals surface area contributed by atoms with Crippen molar-refractivity contribution in [1.29, 1.82) is 0 Å². The van der Waals surface area contributed by atoms with Crippen LogP contribution in [0, 0.1) is 0 Å². The first kappa shape index (κ1) is 32.6. The van der Waals surface area contributed by atoms with E-state index < -0.39 is 47.9 Å². The van der Waals surface area contributed by atoms with Crippen molar-refractivity contribution in [2.24, 2.45) is 11.5 Å².